The minimum Gasteiger partial charge on any atom is -0.462 e. The van der Waals surface area contributed by atoms with E-state index in [0.29, 0.717) is 0 Å². The van der Waals surface area contributed by atoms with Crippen LogP contribution in [0.15, 0.2) is 64.1 Å². The first-order valence-corrected chi connectivity index (χ1v) is 10.5. The van der Waals surface area contributed by atoms with Gasteiger partial charge in [0.25, 0.3) is 0 Å². The smallest absolute Gasteiger partial charge is 0.338 e. The Balaban J connectivity index is 1.83. The van der Waals surface area contributed by atoms with E-state index in [-0.39, 0.29) is 28.1 Å². The van der Waals surface area contributed by atoms with Crippen molar-refractivity contribution in [1.29, 1.82) is 0 Å². The number of nitrogens with zero attached hydrogens (tertiary/aromatic N) is 1. The molecule has 0 amide bonds. The summed E-state index contributed by atoms with van der Waals surface area (Å²) in [6.07, 6.45) is 1.67. The monoisotopic (exact) mass is 448 g/mol. The maximum Gasteiger partial charge on any atom is 0.338 e. The molecule has 1 heterocycles. The van der Waals surface area contributed by atoms with Crippen LogP contribution in [0, 0.1) is 0 Å². The summed E-state index contributed by atoms with van der Waals surface area (Å²) in [7, 11) is -3.79. The predicted octanol–water partition coefficient (Wildman–Crippen LogP) is 3.65. The van der Waals surface area contributed by atoms with Crippen molar-refractivity contribution in [3.05, 3.63) is 70.3 Å². The van der Waals surface area contributed by atoms with E-state index < -0.39 is 16.0 Å². The number of hydrogen-bond acceptors (Lipinski definition) is 5. The maximum atomic E-state index is 12.7. The normalized spacial score (nSPS) is 11.5. The molecular weight excluding hydrogens is 432 g/mol. The van der Waals surface area contributed by atoms with E-state index in [2.05, 4.69) is 25.6 Å². The number of esters is 1. The van der Waals surface area contributed by atoms with Gasteiger partial charge in [-0.15, -0.1) is 0 Å². The number of rotatable bonds is 6. The van der Waals surface area contributed by atoms with E-state index in [0.717, 1.165) is 16.5 Å². The number of carbonyl (C=O) groups is 1. The quantitative estimate of drug-likeness (QED) is 0.581. The van der Waals surface area contributed by atoms with Crippen molar-refractivity contribution >= 4 is 42.8 Å². The molecule has 0 aliphatic heterocycles. The van der Waals surface area contributed by atoms with Gasteiger partial charge in [-0.1, -0.05) is 24.3 Å². The second-order valence-electron chi connectivity index (χ2n) is 5.68. The number of benzene rings is 2. The molecule has 0 fully saturated rings. The van der Waals surface area contributed by atoms with Crippen LogP contribution in [0.2, 0.25) is 0 Å². The van der Waals surface area contributed by atoms with Crippen LogP contribution >= 0.6 is 15.9 Å². The van der Waals surface area contributed by atoms with Gasteiger partial charge < -0.3 is 4.74 Å². The topological polar surface area (TPSA) is 85.4 Å². The highest BCUT2D eigenvalue weighted by Crippen LogP contribution is 2.24. The fraction of sp³-hybridized carbons (Fsp3) is 0.158. The van der Waals surface area contributed by atoms with Crippen molar-refractivity contribution in [3.8, 4) is 0 Å². The van der Waals surface area contributed by atoms with Gasteiger partial charge in [0, 0.05) is 22.6 Å². The second-order valence-corrected chi connectivity index (χ2v) is 8.27. The lowest BCUT2D eigenvalue weighted by molar-refractivity contribution is 0.0526. The summed E-state index contributed by atoms with van der Waals surface area (Å²) in [4.78, 5) is 16.1. The Hall–Kier alpha value is -2.29. The van der Waals surface area contributed by atoms with Crippen LogP contribution in [0.5, 0.6) is 0 Å². The standard InChI is InChI=1S/C19H17BrN2O4S/c1-2-26-19(23)14-8-9-17(16(20)11-14)27(24,25)22-12-15-6-3-5-13-7-4-10-21-18(13)15/h3-11,22H,2,12H2,1H3. The first-order valence-electron chi connectivity index (χ1n) is 8.21. The summed E-state index contributed by atoms with van der Waals surface area (Å²) in [6.45, 7) is 2.05. The number of hydrogen-bond donors (Lipinski definition) is 1. The van der Waals surface area contributed by atoms with E-state index in [1.165, 1.54) is 18.2 Å². The lowest BCUT2D eigenvalue weighted by Gasteiger charge is -2.11. The molecular formula is C19H17BrN2O4S. The Morgan fingerprint density at radius 3 is 2.70 bits per heavy atom. The molecule has 6 nitrogen and oxygen atoms in total. The summed E-state index contributed by atoms with van der Waals surface area (Å²) in [5.74, 6) is -0.503. The molecule has 0 atom stereocenters. The lowest BCUT2D eigenvalue weighted by Crippen LogP contribution is -2.24. The highest BCUT2D eigenvalue weighted by molar-refractivity contribution is 9.10. The van der Waals surface area contributed by atoms with E-state index in [1.54, 1.807) is 13.1 Å². The van der Waals surface area contributed by atoms with Gasteiger partial charge in [-0.25, -0.2) is 17.9 Å². The third-order valence-corrected chi connectivity index (χ3v) is 6.28. The van der Waals surface area contributed by atoms with Crippen LogP contribution in [0.25, 0.3) is 10.9 Å². The number of sulfonamides is 1. The molecule has 0 radical (unpaired) electrons. The summed E-state index contributed by atoms with van der Waals surface area (Å²) in [5, 5.41) is 0.939. The highest BCUT2D eigenvalue weighted by Gasteiger charge is 2.20. The number of nitrogens with one attached hydrogen (secondary N) is 1. The average Bonchev–Trinajstić information content (AvgIpc) is 2.66. The number of pyridine rings is 1. The number of fused-ring (bicyclic) bond motifs is 1. The van der Waals surface area contributed by atoms with Crippen molar-refractivity contribution in [2.45, 2.75) is 18.4 Å². The van der Waals surface area contributed by atoms with Gasteiger partial charge in [0.2, 0.25) is 10.0 Å². The molecule has 8 heteroatoms. The number of para-hydroxylation sites is 1. The Morgan fingerprint density at radius 2 is 1.96 bits per heavy atom. The van der Waals surface area contributed by atoms with Crippen LogP contribution in [0.1, 0.15) is 22.8 Å². The third-order valence-electron chi connectivity index (χ3n) is 3.90. The van der Waals surface area contributed by atoms with Crippen LogP contribution in [-0.2, 0) is 21.3 Å². The molecule has 1 N–H and O–H groups in total. The van der Waals surface area contributed by atoms with Crippen LogP contribution in [-0.4, -0.2) is 26.0 Å². The Labute approximate surface area is 165 Å². The molecule has 0 spiro atoms. The minimum atomic E-state index is -3.79. The van der Waals surface area contributed by atoms with Crippen molar-refractivity contribution < 1.29 is 17.9 Å². The Bertz CT molecular complexity index is 1090. The molecule has 0 bridgehead atoms. The third kappa shape index (κ3) is 4.35. The first-order chi connectivity index (χ1) is 12.9. The van der Waals surface area contributed by atoms with Gasteiger partial charge in [-0.05, 0) is 52.7 Å². The number of carbonyl (C=O) groups excluding carboxylic acids is 1. The summed E-state index contributed by atoms with van der Waals surface area (Å²) in [5.41, 5.74) is 1.80. The van der Waals surface area contributed by atoms with Gasteiger partial charge in [0.05, 0.1) is 22.6 Å². The molecule has 0 saturated carbocycles. The zero-order valence-electron chi connectivity index (χ0n) is 14.5. The zero-order chi connectivity index (χ0) is 19.4. The molecule has 27 heavy (non-hydrogen) atoms. The van der Waals surface area contributed by atoms with E-state index in [4.69, 9.17) is 4.74 Å². The number of halogens is 1. The van der Waals surface area contributed by atoms with Crippen LogP contribution in [0.3, 0.4) is 0 Å². The van der Waals surface area contributed by atoms with E-state index in [1.807, 2.05) is 30.3 Å². The Kier molecular flexibility index (Phi) is 5.88. The molecule has 0 aliphatic rings. The SMILES string of the molecule is CCOC(=O)c1ccc(S(=O)(=O)NCc2cccc3cccnc23)c(Br)c1. The summed E-state index contributed by atoms with van der Waals surface area (Å²) in [6, 6.07) is 13.6. The van der Waals surface area contributed by atoms with E-state index >= 15 is 0 Å². The lowest BCUT2D eigenvalue weighted by atomic mass is 10.1. The second kappa shape index (κ2) is 8.16. The molecule has 2 aromatic carbocycles. The average molecular weight is 449 g/mol. The fourth-order valence-electron chi connectivity index (χ4n) is 2.62. The van der Waals surface area contributed by atoms with Crippen molar-refractivity contribution in [3.63, 3.8) is 0 Å². The summed E-state index contributed by atoms with van der Waals surface area (Å²) >= 11 is 3.23. The van der Waals surface area contributed by atoms with Crippen molar-refractivity contribution in [2.24, 2.45) is 0 Å². The zero-order valence-corrected chi connectivity index (χ0v) is 16.9. The molecule has 0 aliphatic carbocycles. The summed E-state index contributed by atoms with van der Waals surface area (Å²) < 4.78 is 33.2. The maximum absolute atomic E-state index is 12.7. The number of aromatic nitrogens is 1. The fourth-order valence-corrected chi connectivity index (χ4v) is 4.70. The Morgan fingerprint density at radius 1 is 1.19 bits per heavy atom. The van der Waals surface area contributed by atoms with Crippen LogP contribution in [0.4, 0.5) is 0 Å². The predicted molar refractivity (Wildman–Crippen MR) is 106 cm³/mol. The van der Waals surface area contributed by atoms with Crippen molar-refractivity contribution in [1.82, 2.24) is 9.71 Å². The number of ether oxygens (including phenoxy) is 1. The molecule has 3 aromatic rings. The molecule has 1 aromatic heterocycles. The van der Waals surface area contributed by atoms with E-state index in [9.17, 15) is 13.2 Å². The van der Waals surface area contributed by atoms with Gasteiger partial charge >= 0.3 is 5.97 Å². The molecule has 0 unspecified atom stereocenters. The van der Waals surface area contributed by atoms with Crippen molar-refractivity contribution in [2.75, 3.05) is 6.61 Å². The van der Waals surface area contributed by atoms with Gasteiger partial charge in [0.1, 0.15) is 0 Å². The van der Waals surface area contributed by atoms with Crippen LogP contribution < -0.4 is 4.72 Å². The first kappa shape index (κ1) is 19.5. The highest BCUT2D eigenvalue weighted by atomic mass is 79.9. The largest absolute Gasteiger partial charge is 0.462 e. The molecule has 3 rings (SSSR count). The van der Waals surface area contributed by atoms with Gasteiger partial charge in [-0.3, -0.25) is 4.98 Å². The van der Waals surface area contributed by atoms with Gasteiger partial charge in [-0.2, -0.15) is 0 Å². The molecule has 0 saturated heterocycles. The minimum absolute atomic E-state index is 0.0451. The molecule has 140 valence electrons. The van der Waals surface area contributed by atoms with Gasteiger partial charge in [0.15, 0.2) is 0 Å².